The SMILES string of the molecule is Cc1ccc2cccc3c2c1-c1cc(NOC2CC2)ccc1-3. The van der Waals surface area contributed by atoms with Crippen LogP contribution in [0.4, 0.5) is 5.69 Å². The van der Waals surface area contributed by atoms with Crippen LogP contribution >= 0.6 is 0 Å². The van der Waals surface area contributed by atoms with E-state index in [1.165, 1.54) is 51.4 Å². The molecule has 0 heterocycles. The van der Waals surface area contributed by atoms with Crippen LogP contribution in [0.25, 0.3) is 33.0 Å². The van der Waals surface area contributed by atoms with Crippen LogP contribution in [0.1, 0.15) is 18.4 Å². The first kappa shape index (κ1) is 12.2. The van der Waals surface area contributed by atoms with Gasteiger partial charge in [-0.05, 0) is 70.5 Å². The molecule has 0 atom stereocenters. The van der Waals surface area contributed by atoms with Crippen LogP contribution in [-0.4, -0.2) is 6.10 Å². The van der Waals surface area contributed by atoms with Gasteiger partial charge in [0.15, 0.2) is 0 Å². The zero-order valence-electron chi connectivity index (χ0n) is 12.5. The Morgan fingerprint density at radius 2 is 1.86 bits per heavy atom. The van der Waals surface area contributed by atoms with Crippen molar-refractivity contribution in [1.82, 2.24) is 0 Å². The third-order valence-corrected chi connectivity index (χ3v) is 4.70. The fourth-order valence-electron chi connectivity index (χ4n) is 3.44. The standard InChI is InChI=1S/C20H17NO/c1-12-5-6-13-3-2-4-17-16-10-7-14(21-22-15-8-9-15)11-18(16)19(12)20(13)17/h2-7,10-11,15,21H,8-9H2,1H3. The molecular weight excluding hydrogens is 270 g/mol. The lowest BCUT2D eigenvalue weighted by molar-refractivity contribution is 0.178. The molecule has 22 heavy (non-hydrogen) atoms. The molecule has 3 aromatic carbocycles. The molecule has 0 amide bonds. The van der Waals surface area contributed by atoms with E-state index in [1.54, 1.807) is 0 Å². The molecule has 0 spiro atoms. The zero-order chi connectivity index (χ0) is 14.7. The minimum atomic E-state index is 0.399. The number of rotatable bonds is 3. The summed E-state index contributed by atoms with van der Waals surface area (Å²) in [7, 11) is 0. The topological polar surface area (TPSA) is 21.3 Å². The van der Waals surface area contributed by atoms with Gasteiger partial charge in [-0.15, -0.1) is 0 Å². The Bertz CT molecular complexity index is 909. The van der Waals surface area contributed by atoms with Gasteiger partial charge >= 0.3 is 0 Å². The predicted octanol–water partition coefficient (Wildman–Crippen LogP) is 5.30. The monoisotopic (exact) mass is 287 g/mol. The van der Waals surface area contributed by atoms with Crippen molar-refractivity contribution in [3.8, 4) is 22.3 Å². The van der Waals surface area contributed by atoms with Crippen molar-refractivity contribution in [2.75, 3.05) is 5.48 Å². The van der Waals surface area contributed by atoms with Gasteiger partial charge in [0.1, 0.15) is 0 Å². The first-order valence-corrected chi connectivity index (χ1v) is 7.90. The summed E-state index contributed by atoms with van der Waals surface area (Å²) in [5.74, 6) is 0. The van der Waals surface area contributed by atoms with Crippen LogP contribution < -0.4 is 5.48 Å². The second kappa shape index (κ2) is 4.34. The highest BCUT2D eigenvalue weighted by Crippen LogP contribution is 2.49. The molecule has 0 aromatic heterocycles. The Hall–Kier alpha value is -2.32. The van der Waals surface area contributed by atoms with Crippen molar-refractivity contribution in [2.45, 2.75) is 25.9 Å². The van der Waals surface area contributed by atoms with E-state index in [4.69, 9.17) is 4.84 Å². The number of anilines is 1. The molecule has 0 aliphatic heterocycles. The van der Waals surface area contributed by atoms with Crippen molar-refractivity contribution in [3.63, 3.8) is 0 Å². The molecule has 2 nitrogen and oxygen atoms in total. The van der Waals surface area contributed by atoms with Gasteiger partial charge in [-0.25, -0.2) is 0 Å². The van der Waals surface area contributed by atoms with Crippen molar-refractivity contribution in [2.24, 2.45) is 0 Å². The van der Waals surface area contributed by atoms with Crippen molar-refractivity contribution in [1.29, 1.82) is 0 Å². The molecule has 2 heteroatoms. The smallest absolute Gasteiger partial charge is 0.0855 e. The normalized spacial score (nSPS) is 15.1. The number of aryl methyl sites for hydroxylation is 1. The largest absolute Gasteiger partial charge is 0.273 e. The average molecular weight is 287 g/mol. The number of hydrogen-bond acceptors (Lipinski definition) is 2. The van der Waals surface area contributed by atoms with Gasteiger partial charge in [0.2, 0.25) is 0 Å². The van der Waals surface area contributed by atoms with Crippen molar-refractivity contribution >= 4 is 16.5 Å². The summed E-state index contributed by atoms with van der Waals surface area (Å²) < 4.78 is 0. The summed E-state index contributed by atoms with van der Waals surface area (Å²) in [6, 6.07) is 17.6. The summed E-state index contributed by atoms with van der Waals surface area (Å²) >= 11 is 0. The van der Waals surface area contributed by atoms with E-state index >= 15 is 0 Å². The van der Waals surface area contributed by atoms with Gasteiger partial charge < -0.3 is 0 Å². The lowest BCUT2D eigenvalue weighted by atomic mass is 9.98. The van der Waals surface area contributed by atoms with Gasteiger partial charge in [-0.1, -0.05) is 36.4 Å². The van der Waals surface area contributed by atoms with Crippen LogP contribution in [0, 0.1) is 6.92 Å². The third kappa shape index (κ3) is 1.71. The Labute approximate surface area is 129 Å². The molecule has 2 aliphatic carbocycles. The van der Waals surface area contributed by atoms with E-state index in [-0.39, 0.29) is 0 Å². The second-order valence-corrected chi connectivity index (χ2v) is 6.34. The molecule has 3 aromatic rings. The molecule has 108 valence electrons. The van der Waals surface area contributed by atoms with E-state index in [0.29, 0.717) is 6.10 Å². The lowest BCUT2D eigenvalue weighted by Crippen LogP contribution is -2.02. The Morgan fingerprint density at radius 1 is 0.955 bits per heavy atom. The predicted molar refractivity (Wildman–Crippen MR) is 90.8 cm³/mol. The maximum atomic E-state index is 5.63. The minimum absolute atomic E-state index is 0.399. The van der Waals surface area contributed by atoms with Crippen molar-refractivity contribution < 1.29 is 4.84 Å². The maximum absolute atomic E-state index is 5.63. The molecule has 1 N–H and O–H groups in total. The fraction of sp³-hybridized carbons (Fsp3) is 0.200. The second-order valence-electron chi connectivity index (χ2n) is 6.34. The van der Waals surface area contributed by atoms with Crippen LogP contribution in [0.2, 0.25) is 0 Å². The van der Waals surface area contributed by atoms with E-state index in [2.05, 4.69) is 60.9 Å². The third-order valence-electron chi connectivity index (χ3n) is 4.70. The maximum Gasteiger partial charge on any atom is 0.0855 e. The van der Waals surface area contributed by atoms with Gasteiger partial charge in [0, 0.05) is 0 Å². The Balaban J connectivity index is 1.69. The Kier molecular flexibility index (Phi) is 2.42. The summed E-state index contributed by atoms with van der Waals surface area (Å²) in [5, 5.41) is 2.70. The number of fused-ring (bicyclic) bond motifs is 3. The van der Waals surface area contributed by atoms with Crippen molar-refractivity contribution in [3.05, 3.63) is 54.1 Å². The first-order chi connectivity index (χ1) is 10.8. The molecule has 0 saturated heterocycles. The van der Waals surface area contributed by atoms with Crippen LogP contribution in [0.3, 0.4) is 0 Å². The van der Waals surface area contributed by atoms with Gasteiger partial charge in [-0.2, -0.15) is 0 Å². The highest BCUT2D eigenvalue weighted by atomic mass is 16.7. The van der Waals surface area contributed by atoms with Gasteiger partial charge in [0.25, 0.3) is 0 Å². The minimum Gasteiger partial charge on any atom is -0.273 e. The number of benzene rings is 3. The molecule has 5 rings (SSSR count). The number of nitrogens with one attached hydrogen (secondary N) is 1. The molecule has 0 bridgehead atoms. The van der Waals surface area contributed by atoms with E-state index < -0.39 is 0 Å². The summed E-state index contributed by atoms with van der Waals surface area (Å²) in [4.78, 5) is 5.63. The van der Waals surface area contributed by atoms with E-state index in [0.717, 1.165) is 5.69 Å². The lowest BCUT2D eigenvalue weighted by Gasteiger charge is -2.10. The molecule has 0 unspecified atom stereocenters. The number of hydrogen-bond donors (Lipinski definition) is 1. The quantitative estimate of drug-likeness (QED) is 0.516. The average Bonchev–Trinajstić information content (AvgIpc) is 3.31. The van der Waals surface area contributed by atoms with E-state index in [9.17, 15) is 0 Å². The van der Waals surface area contributed by atoms with Crippen LogP contribution in [0.15, 0.2) is 48.5 Å². The van der Waals surface area contributed by atoms with Gasteiger partial charge in [0.05, 0.1) is 11.8 Å². The molecule has 0 radical (unpaired) electrons. The van der Waals surface area contributed by atoms with Crippen LogP contribution in [0.5, 0.6) is 0 Å². The molecule has 2 aliphatic rings. The summed E-state index contributed by atoms with van der Waals surface area (Å²) in [6.45, 7) is 2.20. The fourth-order valence-corrected chi connectivity index (χ4v) is 3.44. The van der Waals surface area contributed by atoms with Gasteiger partial charge in [-0.3, -0.25) is 10.3 Å². The summed E-state index contributed by atoms with van der Waals surface area (Å²) in [6.07, 6.45) is 2.74. The van der Waals surface area contributed by atoms with Crippen LogP contribution in [-0.2, 0) is 4.84 Å². The molecule has 1 saturated carbocycles. The zero-order valence-corrected chi connectivity index (χ0v) is 12.5. The highest BCUT2D eigenvalue weighted by molar-refractivity contribution is 6.16. The highest BCUT2D eigenvalue weighted by Gasteiger charge is 2.25. The first-order valence-electron chi connectivity index (χ1n) is 7.90. The molecule has 1 fully saturated rings. The Morgan fingerprint density at radius 3 is 2.73 bits per heavy atom. The summed E-state index contributed by atoms with van der Waals surface area (Å²) in [5.41, 5.74) is 10.8. The molecular formula is C20H17NO. The van der Waals surface area contributed by atoms with E-state index in [1.807, 2.05) is 0 Å².